The zero-order valence-corrected chi connectivity index (χ0v) is 8.22. The Bertz CT molecular complexity index is 270. The Morgan fingerprint density at radius 1 is 1.36 bits per heavy atom. The lowest BCUT2D eigenvalue weighted by atomic mass is 10.2. The van der Waals surface area contributed by atoms with Crippen molar-refractivity contribution in [3.8, 4) is 0 Å². The highest BCUT2D eigenvalue weighted by atomic mass is 16.5. The highest BCUT2D eigenvalue weighted by Crippen LogP contribution is 2.17. The highest BCUT2D eigenvalue weighted by molar-refractivity contribution is 5.10. The molecule has 3 nitrogen and oxygen atoms in total. The van der Waals surface area contributed by atoms with Gasteiger partial charge < -0.3 is 4.74 Å². The van der Waals surface area contributed by atoms with Gasteiger partial charge >= 0.3 is 0 Å². The van der Waals surface area contributed by atoms with Crippen molar-refractivity contribution in [2.75, 3.05) is 26.3 Å². The smallest absolute Gasteiger partial charge is 0.0594 e. The van der Waals surface area contributed by atoms with Crippen LogP contribution in [-0.4, -0.2) is 36.2 Å². The van der Waals surface area contributed by atoms with E-state index in [1.165, 1.54) is 0 Å². The SMILES string of the molecule is [CH2]C(c1ccccn1)N1CCOCC1. The van der Waals surface area contributed by atoms with Crippen molar-refractivity contribution >= 4 is 0 Å². The van der Waals surface area contributed by atoms with Gasteiger partial charge in [0, 0.05) is 19.3 Å². The van der Waals surface area contributed by atoms with Crippen LogP contribution in [0.15, 0.2) is 24.4 Å². The van der Waals surface area contributed by atoms with Crippen LogP contribution in [0.4, 0.5) is 0 Å². The van der Waals surface area contributed by atoms with Crippen molar-refractivity contribution in [1.82, 2.24) is 9.88 Å². The molecule has 75 valence electrons. The van der Waals surface area contributed by atoms with E-state index in [9.17, 15) is 0 Å². The van der Waals surface area contributed by atoms with Crippen molar-refractivity contribution < 1.29 is 4.74 Å². The Kier molecular flexibility index (Phi) is 3.11. The fourth-order valence-corrected chi connectivity index (χ4v) is 1.65. The van der Waals surface area contributed by atoms with Gasteiger partial charge in [-0.25, -0.2) is 0 Å². The zero-order chi connectivity index (χ0) is 9.80. The summed E-state index contributed by atoms with van der Waals surface area (Å²) in [4.78, 5) is 6.61. The maximum absolute atomic E-state index is 5.30. The van der Waals surface area contributed by atoms with Crippen molar-refractivity contribution in [2.45, 2.75) is 6.04 Å². The van der Waals surface area contributed by atoms with Gasteiger partial charge in [-0.2, -0.15) is 0 Å². The summed E-state index contributed by atoms with van der Waals surface area (Å²) in [5, 5.41) is 0. The predicted octanol–water partition coefficient (Wildman–Crippen LogP) is 1.29. The lowest BCUT2D eigenvalue weighted by Gasteiger charge is -2.31. The van der Waals surface area contributed by atoms with Crippen molar-refractivity contribution in [3.63, 3.8) is 0 Å². The van der Waals surface area contributed by atoms with Gasteiger partial charge in [0.1, 0.15) is 0 Å². The fraction of sp³-hybridized carbons (Fsp3) is 0.455. The minimum Gasteiger partial charge on any atom is -0.379 e. The Morgan fingerprint density at radius 2 is 2.14 bits per heavy atom. The van der Waals surface area contributed by atoms with Gasteiger partial charge in [-0.3, -0.25) is 9.88 Å². The molecule has 1 aliphatic heterocycles. The molecule has 1 aliphatic rings. The molecule has 1 fully saturated rings. The van der Waals surface area contributed by atoms with Gasteiger partial charge in [-0.15, -0.1) is 0 Å². The van der Waals surface area contributed by atoms with Gasteiger partial charge in [-0.05, 0) is 19.1 Å². The Hall–Kier alpha value is -0.930. The van der Waals surface area contributed by atoms with Crippen LogP contribution in [0.5, 0.6) is 0 Å². The van der Waals surface area contributed by atoms with Crippen molar-refractivity contribution in [2.24, 2.45) is 0 Å². The number of morpholine rings is 1. The number of nitrogens with zero attached hydrogens (tertiary/aromatic N) is 2. The molecule has 1 radical (unpaired) electrons. The van der Waals surface area contributed by atoms with Crippen molar-refractivity contribution in [3.05, 3.63) is 37.0 Å². The second-order valence-electron chi connectivity index (χ2n) is 3.42. The minimum absolute atomic E-state index is 0.153. The molecule has 1 saturated heterocycles. The molecule has 0 aromatic carbocycles. The Labute approximate surface area is 84.7 Å². The number of aromatic nitrogens is 1. The molecular formula is C11H15N2O. The molecule has 0 amide bonds. The third kappa shape index (κ3) is 2.11. The molecular weight excluding hydrogens is 176 g/mol. The Balaban J connectivity index is 2.03. The van der Waals surface area contributed by atoms with Crippen LogP contribution >= 0.6 is 0 Å². The first kappa shape index (κ1) is 9.62. The van der Waals surface area contributed by atoms with Gasteiger partial charge in [-0.1, -0.05) is 6.07 Å². The molecule has 1 unspecified atom stereocenters. The summed E-state index contributed by atoms with van der Waals surface area (Å²) >= 11 is 0. The predicted molar refractivity (Wildman–Crippen MR) is 54.7 cm³/mol. The van der Waals surface area contributed by atoms with Gasteiger partial charge in [0.05, 0.1) is 24.9 Å². The van der Waals surface area contributed by atoms with Crippen molar-refractivity contribution in [1.29, 1.82) is 0 Å². The molecule has 14 heavy (non-hydrogen) atoms. The lowest BCUT2D eigenvalue weighted by Crippen LogP contribution is -2.38. The van der Waals surface area contributed by atoms with E-state index in [-0.39, 0.29) is 6.04 Å². The highest BCUT2D eigenvalue weighted by Gasteiger charge is 2.18. The number of rotatable bonds is 2. The molecule has 0 N–H and O–H groups in total. The quantitative estimate of drug-likeness (QED) is 0.704. The molecule has 3 heteroatoms. The zero-order valence-electron chi connectivity index (χ0n) is 8.22. The summed E-state index contributed by atoms with van der Waals surface area (Å²) in [5.74, 6) is 0. The van der Waals surface area contributed by atoms with E-state index in [0.717, 1.165) is 32.0 Å². The standard InChI is InChI=1S/C11H15N2O/c1-10(11-4-2-3-5-12-11)13-6-8-14-9-7-13/h2-5,10H,1,6-9H2. The first-order valence-electron chi connectivity index (χ1n) is 4.94. The van der Waals surface area contributed by atoms with Crippen LogP contribution in [0.25, 0.3) is 0 Å². The van der Waals surface area contributed by atoms with E-state index in [4.69, 9.17) is 4.74 Å². The van der Waals surface area contributed by atoms with Crippen LogP contribution in [0.1, 0.15) is 11.7 Å². The number of hydrogen-bond donors (Lipinski definition) is 0. The largest absolute Gasteiger partial charge is 0.379 e. The maximum atomic E-state index is 5.30. The van der Waals surface area contributed by atoms with E-state index in [2.05, 4.69) is 16.8 Å². The van der Waals surface area contributed by atoms with E-state index in [1.54, 1.807) is 0 Å². The first-order chi connectivity index (χ1) is 6.88. The van der Waals surface area contributed by atoms with Gasteiger partial charge in [0.2, 0.25) is 0 Å². The van der Waals surface area contributed by atoms with E-state index in [0.29, 0.717) is 0 Å². The molecule has 1 aromatic rings. The van der Waals surface area contributed by atoms with Gasteiger partial charge in [0.25, 0.3) is 0 Å². The summed E-state index contributed by atoms with van der Waals surface area (Å²) in [5.41, 5.74) is 1.04. The summed E-state index contributed by atoms with van der Waals surface area (Å²) in [6.07, 6.45) is 1.81. The summed E-state index contributed by atoms with van der Waals surface area (Å²) in [6.45, 7) is 7.65. The molecule has 0 spiro atoms. The van der Waals surface area contributed by atoms with Crippen LogP contribution < -0.4 is 0 Å². The van der Waals surface area contributed by atoms with Crippen LogP contribution in [0.2, 0.25) is 0 Å². The third-order valence-corrected chi connectivity index (χ3v) is 2.52. The number of hydrogen-bond acceptors (Lipinski definition) is 3. The van der Waals surface area contributed by atoms with E-state index >= 15 is 0 Å². The molecule has 1 atom stereocenters. The minimum atomic E-state index is 0.153. The topological polar surface area (TPSA) is 25.4 Å². The van der Waals surface area contributed by atoms with Crippen LogP contribution in [0.3, 0.4) is 0 Å². The molecule has 2 rings (SSSR count). The first-order valence-corrected chi connectivity index (χ1v) is 4.94. The monoisotopic (exact) mass is 191 g/mol. The molecule has 0 aliphatic carbocycles. The average molecular weight is 191 g/mol. The number of ether oxygens (including phenoxy) is 1. The molecule has 0 bridgehead atoms. The fourth-order valence-electron chi connectivity index (χ4n) is 1.65. The average Bonchev–Trinajstić information content (AvgIpc) is 2.30. The second kappa shape index (κ2) is 4.53. The van der Waals surface area contributed by atoms with Gasteiger partial charge in [0.15, 0.2) is 0 Å². The molecule has 0 saturated carbocycles. The summed E-state index contributed by atoms with van der Waals surface area (Å²) in [6, 6.07) is 6.10. The molecule has 2 heterocycles. The maximum Gasteiger partial charge on any atom is 0.0594 e. The normalized spacial score (nSPS) is 20.6. The van der Waals surface area contributed by atoms with Crippen LogP contribution in [0, 0.1) is 6.92 Å². The number of pyridine rings is 1. The summed E-state index contributed by atoms with van der Waals surface area (Å²) < 4.78 is 5.30. The summed E-state index contributed by atoms with van der Waals surface area (Å²) in [7, 11) is 0. The lowest BCUT2D eigenvalue weighted by molar-refractivity contribution is 0.0241. The Morgan fingerprint density at radius 3 is 2.79 bits per heavy atom. The molecule has 1 aromatic heterocycles. The van der Waals surface area contributed by atoms with Crippen LogP contribution in [-0.2, 0) is 4.74 Å². The third-order valence-electron chi connectivity index (χ3n) is 2.52. The van der Waals surface area contributed by atoms with E-state index < -0.39 is 0 Å². The van der Waals surface area contributed by atoms with E-state index in [1.807, 2.05) is 24.4 Å². The second-order valence-corrected chi connectivity index (χ2v) is 3.42.